The van der Waals surface area contributed by atoms with Gasteiger partial charge in [0.1, 0.15) is 5.75 Å². The maximum atomic E-state index is 12.0. The lowest BCUT2D eigenvalue weighted by Gasteiger charge is -2.07. The minimum atomic E-state index is -0.195. The van der Waals surface area contributed by atoms with E-state index in [1.807, 2.05) is 24.3 Å². The van der Waals surface area contributed by atoms with E-state index in [0.29, 0.717) is 12.1 Å². The van der Waals surface area contributed by atoms with E-state index in [-0.39, 0.29) is 11.7 Å². The zero-order valence-electron chi connectivity index (χ0n) is 11.4. The van der Waals surface area contributed by atoms with Crippen LogP contribution in [-0.4, -0.2) is 11.0 Å². The summed E-state index contributed by atoms with van der Waals surface area (Å²) in [5, 5.41) is 14.6. The highest BCUT2D eigenvalue weighted by Gasteiger charge is 2.06. The molecule has 21 heavy (non-hydrogen) atoms. The highest BCUT2D eigenvalue weighted by atomic mass is 16.3. The summed E-state index contributed by atoms with van der Waals surface area (Å²) in [6.07, 6.45) is 0. The first kappa shape index (κ1) is 13.2. The monoisotopic (exact) mass is 277 g/mol. The SMILES string of the molecule is O=C(NCc1ccc2ccccc2c1)c1cccc(O)c1. The Morgan fingerprint density at radius 2 is 1.71 bits per heavy atom. The van der Waals surface area contributed by atoms with Gasteiger partial charge >= 0.3 is 0 Å². The molecule has 0 fully saturated rings. The number of nitrogens with one attached hydrogen (secondary N) is 1. The average Bonchev–Trinajstić information content (AvgIpc) is 2.52. The maximum absolute atomic E-state index is 12.0. The molecule has 0 aliphatic heterocycles. The number of fused-ring (bicyclic) bond motifs is 1. The highest BCUT2D eigenvalue weighted by Crippen LogP contribution is 2.16. The van der Waals surface area contributed by atoms with E-state index in [4.69, 9.17) is 0 Å². The molecule has 0 bridgehead atoms. The van der Waals surface area contributed by atoms with Crippen LogP contribution in [0, 0.1) is 0 Å². The summed E-state index contributed by atoms with van der Waals surface area (Å²) in [4.78, 5) is 12.0. The molecule has 3 heteroatoms. The van der Waals surface area contributed by atoms with E-state index in [0.717, 1.165) is 10.9 Å². The number of rotatable bonds is 3. The summed E-state index contributed by atoms with van der Waals surface area (Å²) in [6.45, 7) is 0.458. The van der Waals surface area contributed by atoms with E-state index < -0.39 is 0 Å². The molecule has 3 aromatic rings. The van der Waals surface area contributed by atoms with Gasteiger partial charge in [0.15, 0.2) is 0 Å². The lowest BCUT2D eigenvalue weighted by atomic mass is 10.1. The Balaban J connectivity index is 1.72. The van der Waals surface area contributed by atoms with Crippen molar-refractivity contribution in [2.45, 2.75) is 6.54 Å². The molecule has 0 atom stereocenters. The van der Waals surface area contributed by atoms with Gasteiger partial charge in [-0.15, -0.1) is 0 Å². The molecule has 0 saturated heterocycles. The number of amides is 1. The van der Waals surface area contributed by atoms with Crippen molar-refractivity contribution in [2.75, 3.05) is 0 Å². The van der Waals surface area contributed by atoms with Crippen molar-refractivity contribution in [3.8, 4) is 5.75 Å². The van der Waals surface area contributed by atoms with Crippen molar-refractivity contribution in [2.24, 2.45) is 0 Å². The molecule has 0 aliphatic carbocycles. The van der Waals surface area contributed by atoms with Crippen molar-refractivity contribution in [1.29, 1.82) is 0 Å². The van der Waals surface area contributed by atoms with Crippen molar-refractivity contribution in [3.63, 3.8) is 0 Å². The number of carbonyl (C=O) groups is 1. The molecular weight excluding hydrogens is 262 g/mol. The van der Waals surface area contributed by atoms with Gasteiger partial charge in [-0.1, -0.05) is 42.5 Å². The molecule has 0 radical (unpaired) electrons. The van der Waals surface area contributed by atoms with Crippen LogP contribution in [0.4, 0.5) is 0 Å². The van der Waals surface area contributed by atoms with Crippen LogP contribution in [0.1, 0.15) is 15.9 Å². The fourth-order valence-corrected chi connectivity index (χ4v) is 2.28. The van der Waals surface area contributed by atoms with Gasteiger partial charge in [0.05, 0.1) is 0 Å². The number of phenols is 1. The third-order valence-electron chi connectivity index (χ3n) is 3.38. The van der Waals surface area contributed by atoms with Crippen LogP contribution < -0.4 is 5.32 Å². The molecule has 3 rings (SSSR count). The van der Waals surface area contributed by atoms with Crippen molar-refractivity contribution >= 4 is 16.7 Å². The van der Waals surface area contributed by atoms with Gasteiger partial charge in [0.25, 0.3) is 5.91 Å². The lowest BCUT2D eigenvalue weighted by molar-refractivity contribution is 0.0950. The Morgan fingerprint density at radius 3 is 2.52 bits per heavy atom. The molecule has 104 valence electrons. The van der Waals surface area contributed by atoms with Gasteiger partial charge in [0.2, 0.25) is 0 Å². The number of hydrogen-bond acceptors (Lipinski definition) is 2. The van der Waals surface area contributed by atoms with Crippen LogP contribution >= 0.6 is 0 Å². The predicted octanol–water partition coefficient (Wildman–Crippen LogP) is 3.48. The standard InChI is InChI=1S/C18H15NO2/c20-17-7-3-6-16(11-17)18(21)19-12-13-8-9-14-4-1-2-5-15(14)10-13/h1-11,20H,12H2,(H,19,21). The topological polar surface area (TPSA) is 49.3 Å². The maximum Gasteiger partial charge on any atom is 0.251 e. The molecule has 1 amide bonds. The molecule has 2 N–H and O–H groups in total. The largest absolute Gasteiger partial charge is 0.508 e. The Labute approximate surface area is 122 Å². The zero-order valence-corrected chi connectivity index (χ0v) is 11.4. The molecule has 0 aliphatic rings. The predicted molar refractivity (Wildman–Crippen MR) is 83.2 cm³/mol. The van der Waals surface area contributed by atoms with Gasteiger partial charge in [-0.3, -0.25) is 4.79 Å². The second-order valence-corrected chi connectivity index (χ2v) is 4.91. The number of benzene rings is 3. The summed E-state index contributed by atoms with van der Waals surface area (Å²) < 4.78 is 0. The Kier molecular flexibility index (Phi) is 3.56. The number of hydrogen-bond donors (Lipinski definition) is 2. The Bertz CT molecular complexity index is 796. The van der Waals surface area contributed by atoms with E-state index >= 15 is 0 Å². The van der Waals surface area contributed by atoms with Gasteiger partial charge in [-0.2, -0.15) is 0 Å². The van der Waals surface area contributed by atoms with Gasteiger partial charge in [0, 0.05) is 12.1 Å². The minimum Gasteiger partial charge on any atom is -0.508 e. The summed E-state index contributed by atoms with van der Waals surface area (Å²) in [7, 11) is 0. The zero-order chi connectivity index (χ0) is 14.7. The molecule has 0 saturated carbocycles. The second kappa shape index (κ2) is 5.67. The summed E-state index contributed by atoms with van der Waals surface area (Å²) in [5.74, 6) is -0.104. The lowest BCUT2D eigenvalue weighted by Crippen LogP contribution is -2.22. The van der Waals surface area contributed by atoms with Gasteiger partial charge < -0.3 is 10.4 Å². The minimum absolute atomic E-state index is 0.0911. The summed E-state index contributed by atoms with van der Waals surface area (Å²) >= 11 is 0. The number of aromatic hydroxyl groups is 1. The first-order valence-electron chi connectivity index (χ1n) is 6.77. The molecule has 3 aromatic carbocycles. The van der Waals surface area contributed by atoms with Crippen LogP contribution in [0.25, 0.3) is 10.8 Å². The fraction of sp³-hybridized carbons (Fsp3) is 0.0556. The molecule has 0 aromatic heterocycles. The van der Waals surface area contributed by atoms with E-state index in [2.05, 4.69) is 23.5 Å². The summed E-state index contributed by atoms with van der Waals surface area (Å²) in [5.41, 5.74) is 1.50. The molecule has 0 heterocycles. The highest BCUT2D eigenvalue weighted by molar-refractivity contribution is 5.94. The first-order valence-corrected chi connectivity index (χ1v) is 6.77. The van der Waals surface area contributed by atoms with E-state index in [1.165, 1.54) is 11.5 Å². The molecule has 0 unspecified atom stereocenters. The smallest absolute Gasteiger partial charge is 0.251 e. The van der Waals surface area contributed by atoms with Gasteiger partial charge in [-0.05, 0) is 40.6 Å². The van der Waals surface area contributed by atoms with Crippen LogP contribution in [0.3, 0.4) is 0 Å². The fourth-order valence-electron chi connectivity index (χ4n) is 2.28. The van der Waals surface area contributed by atoms with Crippen molar-refractivity contribution in [1.82, 2.24) is 5.32 Å². The third kappa shape index (κ3) is 3.03. The second-order valence-electron chi connectivity index (χ2n) is 4.91. The van der Waals surface area contributed by atoms with E-state index in [9.17, 15) is 9.90 Å². The summed E-state index contributed by atoms with van der Waals surface area (Å²) in [6, 6.07) is 20.6. The molecule has 0 spiro atoms. The van der Waals surface area contributed by atoms with Crippen LogP contribution in [0.15, 0.2) is 66.7 Å². The Morgan fingerprint density at radius 1 is 0.905 bits per heavy atom. The van der Waals surface area contributed by atoms with Gasteiger partial charge in [-0.25, -0.2) is 0 Å². The third-order valence-corrected chi connectivity index (χ3v) is 3.38. The van der Waals surface area contributed by atoms with E-state index in [1.54, 1.807) is 18.2 Å². The van der Waals surface area contributed by atoms with Crippen molar-refractivity contribution in [3.05, 3.63) is 77.9 Å². The Hall–Kier alpha value is -2.81. The average molecular weight is 277 g/mol. The van der Waals surface area contributed by atoms with Crippen LogP contribution in [0.5, 0.6) is 5.75 Å². The number of carbonyl (C=O) groups excluding carboxylic acids is 1. The first-order chi connectivity index (χ1) is 10.2. The number of phenolic OH excluding ortho intramolecular Hbond substituents is 1. The normalized spacial score (nSPS) is 10.5. The molecular formula is C18H15NO2. The molecule has 3 nitrogen and oxygen atoms in total. The quantitative estimate of drug-likeness (QED) is 0.770. The van der Waals surface area contributed by atoms with Crippen molar-refractivity contribution < 1.29 is 9.90 Å². The van der Waals surface area contributed by atoms with Crippen LogP contribution in [-0.2, 0) is 6.54 Å². The van der Waals surface area contributed by atoms with Crippen LogP contribution in [0.2, 0.25) is 0 Å².